The lowest BCUT2D eigenvalue weighted by atomic mass is 9.92. The van der Waals surface area contributed by atoms with Gasteiger partial charge in [-0.25, -0.2) is 0 Å². The first-order valence-electron chi connectivity index (χ1n) is 3.55. The molecule has 1 fully saturated rings. The van der Waals surface area contributed by atoms with Crippen molar-refractivity contribution in [1.29, 1.82) is 0 Å². The topological polar surface area (TPSA) is 55.5 Å². The fourth-order valence-electron chi connectivity index (χ4n) is 1.10. The Morgan fingerprint density at radius 1 is 1.55 bits per heavy atom. The Labute approximate surface area is 79.7 Å². The van der Waals surface area contributed by atoms with Gasteiger partial charge in [-0.3, -0.25) is 0 Å². The maximum Gasteiger partial charge on any atom is 0.109 e. The maximum atomic E-state index is 9.86. The molecule has 0 radical (unpaired) electrons. The highest BCUT2D eigenvalue weighted by Crippen LogP contribution is 2.25. The van der Waals surface area contributed by atoms with Crippen molar-refractivity contribution in [3.8, 4) is 0 Å². The number of hydrogen-bond donors (Lipinski definition) is 2. The second-order valence-corrected chi connectivity index (χ2v) is 3.33. The summed E-state index contributed by atoms with van der Waals surface area (Å²) in [5, 5.41) is 9.86. The van der Waals surface area contributed by atoms with Gasteiger partial charge in [-0.2, -0.15) is 0 Å². The molecule has 0 atom stereocenters. The van der Waals surface area contributed by atoms with E-state index in [-0.39, 0.29) is 0 Å². The molecule has 1 heterocycles. The maximum absolute atomic E-state index is 9.86. The Kier molecular flexibility index (Phi) is 3.15. The van der Waals surface area contributed by atoms with E-state index in [0.717, 1.165) is 0 Å². The molecule has 3 N–H and O–H groups in total. The predicted molar refractivity (Wildman–Crippen MR) is 51.3 cm³/mol. The number of halogens is 1. The van der Waals surface area contributed by atoms with E-state index in [4.69, 9.17) is 10.5 Å². The molecule has 11 heavy (non-hydrogen) atoms. The van der Waals surface area contributed by atoms with Crippen molar-refractivity contribution >= 4 is 22.6 Å². The molecular weight excluding hydrogens is 257 g/mol. The summed E-state index contributed by atoms with van der Waals surface area (Å²) in [6.07, 6.45) is 1.22. The van der Waals surface area contributed by atoms with Crippen LogP contribution in [0.1, 0.15) is 12.8 Å². The van der Waals surface area contributed by atoms with Gasteiger partial charge in [-0.1, -0.05) is 22.6 Å². The summed E-state index contributed by atoms with van der Waals surface area (Å²) >= 11 is 2.04. The minimum absolute atomic E-state index is 0.557. The first kappa shape index (κ1) is 9.28. The molecule has 0 aromatic heterocycles. The van der Waals surface area contributed by atoms with Gasteiger partial charge in [0.05, 0.1) is 0 Å². The molecule has 64 valence electrons. The molecule has 0 aromatic carbocycles. The summed E-state index contributed by atoms with van der Waals surface area (Å²) in [4.78, 5) is 0. The van der Waals surface area contributed by atoms with Crippen LogP contribution < -0.4 is 5.73 Å². The third-order valence-corrected chi connectivity index (χ3v) is 2.65. The summed E-state index contributed by atoms with van der Waals surface area (Å²) in [5.74, 6) is 0. The Morgan fingerprint density at radius 2 is 2.09 bits per heavy atom. The van der Waals surface area contributed by atoms with Crippen LogP contribution in [0.25, 0.3) is 0 Å². The predicted octanol–water partition coefficient (Wildman–Crippen LogP) is 0.763. The smallest absolute Gasteiger partial charge is 0.109 e. The van der Waals surface area contributed by atoms with Crippen LogP contribution in [0, 0.1) is 0 Å². The number of nitrogens with two attached hydrogens (primary N) is 1. The fourth-order valence-corrected chi connectivity index (χ4v) is 1.68. The Balaban J connectivity index is 2.64. The van der Waals surface area contributed by atoms with E-state index >= 15 is 0 Å². The van der Waals surface area contributed by atoms with Crippen molar-refractivity contribution in [2.45, 2.75) is 18.4 Å². The molecular formula is C7H12INO2. The van der Waals surface area contributed by atoms with Gasteiger partial charge in [0.25, 0.3) is 0 Å². The van der Waals surface area contributed by atoms with Crippen molar-refractivity contribution in [3.05, 3.63) is 9.78 Å². The van der Waals surface area contributed by atoms with E-state index < -0.39 is 5.60 Å². The highest BCUT2D eigenvalue weighted by molar-refractivity contribution is 14.1. The normalized spacial score (nSPS) is 25.1. The second-order valence-electron chi connectivity index (χ2n) is 2.71. The Morgan fingerprint density at radius 3 is 2.55 bits per heavy atom. The molecule has 1 saturated heterocycles. The summed E-state index contributed by atoms with van der Waals surface area (Å²) in [6, 6.07) is 0. The zero-order valence-corrected chi connectivity index (χ0v) is 8.37. The van der Waals surface area contributed by atoms with Crippen molar-refractivity contribution in [2.24, 2.45) is 5.73 Å². The molecule has 0 aromatic rings. The van der Waals surface area contributed by atoms with Crippen LogP contribution in [0.4, 0.5) is 0 Å². The van der Waals surface area contributed by atoms with Gasteiger partial charge in [0, 0.05) is 31.8 Å². The third-order valence-electron chi connectivity index (χ3n) is 1.97. The lowest BCUT2D eigenvalue weighted by molar-refractivity contribution is -0.0399. The molecule has 4 heteroatoms. The lowest BCUT2D eigenvalue weighted by Crippen LogP contribution is -2.40. The van der Waals surface area contributed by atoms with Gasteiger partial charge < -0.3 is 15.6 Å². The second kappa shape index (κ2) is 3.73. The van der Waals surface area contributed by atoms with Crippen molar-refractivity contribution < 1.29 is 9.84 Å². The molecule has 0 aliphatic carbocycles. The van der Waals surface area contributed by atoms with Crippen LogP contribution in [0.3, 0.4) is 0 Å². The van der Waals surface area contributed by atoms with E-state index in [1.165, 1.54) is 0 Å². The van der Waals surface area contributed by atoms with E-state index in [1.807, 2.05) is 22.6 Å². The molecule has 0 saturated carbocycles. The molecule has 1 aliphatic rings. The first-order valence-corrected chi connectivity index (χ1v) is 4.80. The van der Waals surface area contributed by atoms with Crippen LogP contribution in [-0.4, -0.2) is 23.9 Å². The van der Waals surface area contributed by atoms with Crippen LogP contribution >= 0.6 is 22.6 Å². The highest BCUT2D eigenvalue weighted by Gasteiger charge is 2.31. The Hall–Kier alpha value is 0.190. The largest absolute Gasteiger partial charge is 0.399 e. The van der Waals surface area contributed by atoms with E-state index in [2.05, 4.69) is 0 Å². The van der Waals surface area contributed by atoms with Crippen molar-refractivity contribution in [1.82, 2.24) is 0 Å². The molecule has 1 aliphatic heterocycles. The number of aliphatic hydroxyl groups is 1. The monoisotopic (exact) mass is 269 g/mol. The number of rotatable bonds is 1. The number of ether oxygens (including phenoxy) is 1. The fraction of sp³-hybridized carbons (Fsp3) is 0.714. The average Bonchev–Trinajstić information content (AvgIpc) is 2.04. The average molecular weight is 269 g/mol. The molecule has 0 amide bonds. The molecule has 0 spiro atoms. The van der Waals surface area contributed by atoms with E-state index in [1.54, 1.807) is 4.08 Å². The van der Waals surface area contributed by atoms with Crippen LogP contribution in [0.15, 0.2) is 9.78 Å². The summed E-state index contributed by atoms with van der Waals surface area (Å²) in [7, 11) is 0. The van der Waals surface area contributed by atoms with Crippen LogP contribution in [0.5, 0.6) is 0 Å². The van der Waals surface area contributed by atoms with Gasteiger partial charge >= 0.3 is 0 Å². The zero-order chi connectivity index (χ0) is 8.32. The summed E-state index contributed by atoms with van der Waals surface area (Å²) in [5.41, 5.74) is 5.38. The molecule has 0 unspecified atom stereocenters. The van der Waals surface area contributed by atoms with Gasteiger partial charge in [-0.15, -0.1) is 0 Å². The van der Waals surface area contributed by atoms with E-state index in [9.17, 15) is 5.11 Å². The highest BCUT2D eigenvalue weighted by atomic mass is 127. The van der Waals surface area contributed by atoms with Gasteiger partial charge in [-0.05, 0) is 4.08 Å². The van der Waals surface area contributed by atoms with Gasteiger partial charge in [0.15, 0.2) is 0 Å². The standard InChI is InChI=1S/C7H12INO2/c8-5-6(9)7(10)1-3-11-4-2-7/h5,10H,1-4,9H2/b6-5-. The minimum atomic E-state index is -0.806. The minimum Gasteiger partial charge on any atom is -0.399 e. The van der Waals surface area contributed by atoms with Crippen LogP contribution in [-0.2, 0) is 4.74 Å². The first-order chi connectivity index (χ1) is 5.19. The zero-order valence-electron chi connectivity index (χ0n) is 6.22. The van der Waals surface area contributed by atoms with Gasteiger partial charge in [0.1, 0.15) is 5.60 Å². The third kappa shape index (κ3) is 2.07. The summed E-state index contributed by atoms with van der Waals surface area (Å²) < 4.78 is 6.84. The summed E-state index contributed by atoms with van der Waals surface area (Å²) in [6.45, 7) is 1.20. The molecule has 0 bridgehead atoms. The van der Waals surface area contributed by atoms with E-state index in [0.29, 0.717) is 31.8 Å². The molecule has 1 rings (SSSR count). The van der Waals surface area contributed by atoms with Crippen LogP contribution in [0.2, 0.25) is 0 Å². The Bertz CT molecular complexity index is 164. The number of hydrogen-bond acceptors (Lipinski definition) is 3. The van der Waals surface area contributed by atoms with Crippen molar-refractivity contribution in [3.63, 3.8) is 0 Å². The molecule has 3 nitrogen and oxygen atoms in total. The van der Waals surface area contributed by atoms with Gasteiger partial charge in [0.2, 0.25) is 0 Å². The SMILES string of the molecule is N/C(=C\I)C1(O)CCOCC1. The lowest BCUT2D eigenvalue weighted by Gasteiger charge is -2.32. The van der Waals surface area contributed by atoms with Crippen molar-refractivity contribution in [2.75, 3.05) is 13.2 Å². The quantitative estimate of drug-likeness (QED) is 0.691.